The van der Waals surface area contributed by atoms with Gasteiger partial charge in [-0.1, -0.05) is 29.8 Å². The highest BCUT2D eigenvalue weighted by atomic mass is 35.5. The van der Waals surface area contributed by atoms with Gasteiger partial charge in [0.25, 0.3) is 5.56 Å². The molecule has 1 fully saturated rings. The zero-order chi connectivity index (χ0) is 22.1. The number of aliphatic hydroxyl groups excluding tert-OH is 1. The molecule has 0 saturated carbocycles. The molecule has 31 heavy (non-hydrogen) atoms. The number of hydrogen-bond acceptors (Lipinski definition) is 6. The standard InChI is InChI=1S/C21H27ClN6O3/c1-24-19-18(20(30)25(2)21(24)31)28(14-23-19)13-16(29)12-27-9-7-26(8-10-27)11-15-5-3-4-6-17(15)22/h3-6,14,16,29H,7-13H2,1-2H3. The van der Waals surface area contributed by atoms with Gasteiger partial charge in [0.2, 0.25) is 0 Å². The van der Waals surface area contributed by atoms with E-state index in [4.69, 9.17) is 11.6 Å². The summed E-state index contributed by atoms with van der Waals surface area (Å²) in [7, 11) is 3.03. The lowest BCUT2D eigenvalue weighted by molar-refractivity contribution is 0.0628. The Morgan fingerprint density at radius 3 is 2.42 bits per heavy atom. The summed E-state index contributed by atoms with van der Waals surface area (Å²) in [5, 5.41) is 11.4. The predicted octanol–water partition coefficient (Wildman–Crippen LogP) is 0.266. The highest BCUT2D eigenvalue weighted by Crippen LogP contribution is 2.18. The summed E-state index contributed by atoms with van der Waals surface area (Å²) in [6, 6.07) is 7.89. The highest BCUT2D eigenvalue weighted by molar-refractivity contribution is 6.31. The van der Waals surface area contributed by atoms with Crippen LogP contribution < -0.4 is 11.2 Å². The fourth-order valence-electron chi connectivity index (χ4n) is 4.12. The number of aromatic nitrogens is 4. The number of aliphatic hydroxyl groups is 1. The molecule has 0 aliphatic carbocycles. The molecule has 1 aromatic carbocycles. The smallest absolute Gasteiger partial charge is 0.332 e. The van der Waals surface area contributed by atoms with Crippen LogP contribution >= 0.6 is 11.6 Å². The molecular formula is C21H27ClN6O3. The third-order valence-electron chi connectivity index (χ3n) is 5.91. The van der Waals surface area contributed by atoms with E-state index < -0.39 is 17.4 Å². The molecule has 0 amide bonds. The zero-order valence-electron chi connectivity index (χ0n) is 17.7. The molecule has 2 aromatic heterocycles. The van der Waals surface area contributed by atoms with E-state index in [-0.39, 0.29) is 6.54 Å². The van der Waals surface area contributed by atoms with Gasteiger partial charge in [0.15, 0.2) is 11.2 Å². The lowest BCUT2D eigenvalue weighted by Gasteiger charge is -2.35. The molecule has 1 saturated heterocycles. The number of β-amino-alcohol motifs (C(OH)–C–C–N with tert-alkyl or cyclic N) is 1. The van der Waals surface area contributed by atoms with Crippen molar-refractivity contribution in [3.8, 4) is 0 Å². The summed E-state index contributed by atoms with van der Waals surface area (Å²) in [4.78, 5) is 33.4. The predicted molar refractivity (Wildman–Crippen MR) is 119 cm³/mol. The van der Waals surface area contributed by atoms with Gasteiger partial charge in [-0.3, -0.25) is 23.7 Å². The first-order chi connectivity index (χ1) is 14.8. The number of hydrogen-bond donors (Lipinski definition) is 1. The molecule has 9 nitrogen and oxygen atoms in total. The Kier molecular flexibility index (Phi) is 6.29. The number of rotatable bonds is 6. The molecule has 3 heterocycles. The number of fused-ring (bicyclic) bond motifs is 1. The summed E-state index contributed by atoms with van der Waals surface area (Å²) in [5.74, 6) is 0. The summed E-state index contributed by atoms with van der Waals surface area (Å²) in [6.07, 6.45) is 0.852. The Balaban J connectivity index is 1.36. The van der Waals surface area contributed by atoms with Gasteiger partial charge in [-0.15, -0.1) is 0 Å². The summed E-state index contributed by atoms with van der Waals surface area (Å²) in [6.45, 7) is 5.06. The topological polar surface area (TPSA) is 88.5 Å². The van der Waals surface area contributed by atoms with Crippen LogP contribution in [0.25, 0.3) is 11.2 Å². The molecule has 10 heteroatoms. The second kappa shape index (κ2) is 8.96. The fraction of sp³-hybridized carbons (Fsp3) is 0.476. The van der Waals surface area contributed by atoms with Gasteiger partial charge in [0.1, 0.15) is 0 Å². The van der Waals surface area contributed by atoms with Crippen molar-refractivity contribution >= 4 is 22.8 Å². The highest BCUT2D eigenvalue weighted by Gasteiger charge is 2.21. The van der Waals surface area contributed by atoms with Gasteiger partial charge in [-0.05, 0) is 11.6 Å². The minimum Gasteiger partial charge on any atom is -0.390 e. The summed E-state index contributed by atoms with van der Waals surface area (Å²) >= 11 is 6.27. The van der Waals surface area contributed by atoms with Gasteiger partial charge >= 0.3 is 5.69 Å². The van der Waals surface area contributed by atoms with Crippen LogP contribution in [-0.2, 0) is 27.2 Å². The Bertz CT molecular complexity index is 1190. The molecule has 1 unspecified atom stereocenters. The molecular weight excluding hydrogens is 420 g/mol. The number of halogens is 1. The van der Waals surface area contributed by atoms with E-state index in [0.717, 1.165) is 47.9 Å². The van der Waals surface area contributed by atoms with E-state index >= 15 is 0 Å². The number of piperazine rings is 1. The van der Waals surface area contributed by atoms with Crippen molar-refractivity contribution in [2.45, 2.75) is 19.2 Å². The van der Waals surface area contributed by atoms with Crippen LogP contribution in [0.1, 0.15) is 5.56 Å². The number of aryl methyl sites for hydroxylation is 1. The first kappa shape index (κ1) is 21.8. The van der Waals surface area contributed by atoms with Crippen LogP contribution in [0, 0.1) is 0 Å². The molecule has 1 atom stereocenters. The van der Waals surface area contributed by atoms with E-state index in [1.807, 2.05) is 24.3 Å². The first-order valence-corrected chi connectivity index (χ1v) is 10.7. The number of imidazole rings is 1. The maximum Gasteiger partial charge on any atom is 0.332 e. The third-order valence-corrected chi connectivity index (χ3v) is 6.28. The van der Waals surface area contributed by atoms with Crippen molar-refractivity contribution in [2.75, 3.05) is 32.7 Å². The molecule has 1 N–H and O–H groups in total. The van der Waals surface area contributed by atoms with Gasteiger partial charge in [-0.2, -0.15) is 0 Å². The third kappa shape index (κ3) is 4.45. The summed E-state index contributed by atoms with van der Waals surface area (Å²) < 4.78 is 4.04. The van der Waals surface area contributed by atoms with Gasteiger partial charge in [-0.25, -0.2) is 9.78 Å². The maximum absolute atomic E-state index is 12.5. The molecule has 4 rings (SSSR count). The molecule has 166 valence electrons. The van der Waals surface area contributed by atoms with Crippen molar-refractivity contribution in [3.05, 3.63) is 62.0 Å². The molecule has 3 aromatic rings. The summed E-state index contributed by atoms with van der Waals surface area (Å²) in [5.41, 5.74) is 0.955. The van der Waals surface area contributed by atoms with Crippen LogP contribution in [0.15, 0.2) is 40.2 Å². The normalized spacial score (nSPS) is 16.8. The van der Waals surface area contributed by atoms with Crippen LogP contribution in [-0.4, -0.2) is 72.4 Å². The van der Waals surface area contributed by atoms with E-state index in [2.05, 4.69) is 14.8 Å². The Labute approximate surface area is 184 Å². The molecule has 1 aliphatic rings. The molecule has 0 radical (unpaired) electrons. The number of nitrogens with zero attached hydrogens (tertiary/aromatic N) is 6. The Morgan fingerprint density at radius 2 is 1.71 bits per heavy atom. The number of benzene rings is 1. The van der Waals surface area contributed by atoms with Crippen LogP contribution in [0.3, 0.4) is 0 Å². The monoisotopic (exact) mass is 446 g/mol. The van der Waals surface area contributed by atoms with Crippen molar-refractivity contribution in [1.29, 1.82) is 0 Å². The zero-order valence-corrected chi connectivity index (χ0v) is 18.5. The average molecular weight is 447 g/mol. The Hall–Kier alpha value is -2.46. The van der Waals surface area contributed by atoms with E-state index in [9.17, 15) is 14.7 Å². The molecule has 0 spiro atoms. The quantitative estimate of drug-likeness (QED) is 0.584. The fourth-order valence-corrected chi connectivity index (χ4v) is 4.31. The lowest BCUT2D eigenvalue weighted by atomic mass is 10.2. The van der Waals surface area contributed by atoms with Crippen molar-refractivity contribution in [2.24, 2.45) is 14.1 Å². The second-order valence-corrected chi connectivity index (χ2v) is 8.50. The maximum atomic E-state index is 12.5. The van der Waals surface area contributed by atoms with Gasteiger partial charge < -0.3 is 9.67 Å². The van der Waals surface area contributed by atoms with Crippen molar-refractivity contribution in [3.63, 3.8) is 0 Å². The largest absolute Gasteiger partial charge is 0.390 e. The van der Waals surface area contributed by atoms with Crippen LogP contribution in [0.4, 0.5) is 0 Å². The van der Waals surface area contributed by atoms with E-state index in [1.165, 1.54) is 17.9 Å². The van der Waals surface area contributed by atoms with Gasteiger partial charge in [0.05, 0.1) is 19.0 Å². The SMILES string of the molecule is Cn1c(=O)c2c(ncn2CC(O)CN2CCN(Cc3ccccc3Cl)CC2)n(C)c1=O. The van der Waals surface area contributed by atoms with Gasteiger partial charge in [0, 0.05) is 58.4 Å². The van der Waals surface area contributed by atoms with Crippen LogP contribution in [0.2, 0.25) is 5.02 Å². The van der Waals surface area contributed by atoms with Crippen molar-refractivity contribution in [1.82, 2.24) is 28.5 Å². The van der Waals surface area contributed by atoms with Crippen molar-refractivity contribution < 1.29 is 5.11 Å². The first-order valence-electron chi connectivity index (χ1n) is 10.3. The molecule has 0 bridgehead atoms. The minimum atomic E-state index is -0.658. The molecule has 1 aliphatic heterocycles. The van der Waals surface area contributed by atoms with Crippen LogP contribution in [0.5, 0.6) is 0 Å². The average Bonchev–Trinajstić information content (AvgIpc) is 3.17. The van der Waals surface area contributed by atoms with E-state index in [0.29, 0.717) is 17.7 Å². The second-order valence-electron chi connectivity index (χ2n) is 8.10. The Morgan fingerprint density at radius 1 is 1.03 bits per heavy atom. The minimum absolute atomic E-state index is 0.240. The lowest BCUT2D eigenvalue weighted by Crippen LogP contribution is -2.48. The van der Waals surface area contributed by atoms with E-state index in [1.54, 1.807) is 11.6 Å².